The third-order valence-corrected chi connectivity index (χ3v) is 5.59. The van der Waals surface area contributed by atoms with Crippen molar-refractivity contribution in [1.29, 1.82) is 0 Å². The van der Waals surface area contributed by atoms with Crippen LogP contribution in [0.15, 0.2) is 79.9 Å². The molecule has 0 aliphatic rings. The predicted octanol–water partition coefficient (Wildman–Crippen LogP) is 5.53. The number of benzene rings is 2. The molecule has 0 saturated heterocycles. The molecule has 0 radical (unpaired) electrons. The maximum Gasteiger partial charge on any atom is 0.247 e. The summed E-state index contributed by atoms with van der Waals surface area (Å²) >= 11 is 6.40. The molecule has 0 atom stereocenters. The minimum atomic E-state index is -0.457. The van der Waals surface area contributed by atoms with Crippen LogP contribution in [0.5, 0.6) is 0 Å². The number of amides is 1. The van der Waals surface area contributed by atoms with Gasteiger partial charge < -0.3 is 15.6 Å². The van der Waals surface area contributed by atoms with E-state index in [1.54, 1.807) is 35.4 Å². The average Bonchev–Trinajstić information content (AvgIpc) is 3.49. The summed E-state index contributed by atoms with van der Waals surface area (Å²) < 4.78 is 16.1. The van der Waals surface area contributed by atoms with Crippen LogP contribution in [0.2, 0.25) is 5.02 Å². The molecule has 5 rings (SSSR count). The van der Waals surface area contributed by atoms with Crippen molar-refractivity contribution in [3.8, 4) is 11.3 Å². The van der Waals surface area contributed by atoms with Gasteiger partial charge in [-0.2, -0.15) is 5.10 Å². The van der Waals surface area contributed by atoms with E-state index in [1.807, 2.05) is 30.5 Å². The second-order valence-corrected chi connectivity index (χ2v) is 8.10. The number of hydrogen-bond acceptors (Lipinski definition) is 5. The quantitative estimate of drug-likeness (QED) is 0.262. The normalized spacial score (nSPS) is 10.9. The highest BCUT2D eigenvalue weighted by Crippen LogP contribution is 2.32. The summed E-state index contributed by atoms with van der Waals surface area (Å²) in [6.07, 6.45) is 7.85. The van der Waals surface area contributed by atoms with E-state index >= 15 is 0 Å². The highest BCUT2D eigenvalue weighted by Gasteiger charge is 2.14. The maximum atomic E-state index is 14.5. The van der Waals surface area contributed by atoms with Crippen LogP contribution in [0, 0.1) is 5.82 Å². The Hall–Kier alpha value is -4.50. The van der Waals surface area contributed by atoms with Crippen LogP contribution >= 0.6 is 11.6 Å². The standard InChI is InChI=1S/C25H19ClFN7O/c1-2-23(35)31-16-8-7-15(21(27)9-16)13-34-14-17(10-30-34)32-25-29-12-20(26)24(33-25)19-11-28-22-6-4-3-5-18(19)22/h2-12,14,28H,1,13H2,(H,31,35)(H,29,32,33). The molecule has 3 heterocycles. The lowest BCUT2D eigenvalue weighted by Gasteiger charge is -2.07. The summed E-state index contributed by atoms with van der Waals surface area (Å²) in [4.78, 5) is 23.5. The molecule has 10 heteroatoms. The van der Waals surface area contributed by atoms with Gasteiger partial charge in [0, 0.05) is 40.1 Å². The van der Waals surface area contributed by atoms with Gasteiger partial charge in [0.1, 0.15) is 5.82 Å². The van der Waals surface area contributed by atoms with Gasteiger partial charge in [-0.1, -0.05) is 42.4 Å². The van der Waals surface area contributed by atoms with Crippen LogP contribution in [0.1, 0.15) is 5.56 Å². The molecular formula is C25H19ClFN7O. The van der Waals surface area contributed by atoms with Crippen molar-refractivity contribution < 1.29 is 9.18 Å². The van der Waals surface area contributed by atoms with Crippen LogP contribution < -0.4 is 10.6 Å². The second kappa shape index (κ2) is 9.40. The molecule has 3 aromatic heterocycles. The first-order valence-corrected chi connectivity index (χ1v) is 11.0. The number of H-pyrrole nitrogens is 1. The monoisotopic (exact) mass is 487 g/mol. The summed E-state index contributed by atoms with van der Waals surface area (Å²) in [5.74, 6) is -0.513. The number of hydrogen-bond donors (Lipinski definition) is 3. The maximum absolute atomic E-state index is 14.5. The molecule has 0 bridgehead atoms. The van der Waals surface area contributed by atoms with Crippen molar-refractivity contribution in [2.75, 3.05) is 10.6 Å². The lowest BCUT2D eigenvalue weighted by atomic mass is 10.1. The van der Waals surface area contributed by atoms with Crippen molar-refractivity contribution in [3.05, 3.63) is 96.3 Å². The molecule has 0 saturated carbocycles. The van der Waals surface area contributed by atoms with Crippen molar-refractivity contribution in [2.24, 2.45) is 0 Å². The summed E-state index contributed by atoms with van der Waals surface area (Å²) in [5, 5.41) is 11.4. The molecule has 0 aliphatic heterocycles. The smallest absolute Gasteiger partial charge is 0.247 e. The summed E-state index contributed by atoms with van der Waals surface area (Å²) in [6.45, 7) is 3.58. The van der Waals surface area contributed by atoms with E-state index in [0.29, 0.717) is 33.6 Å². The van der Waals surface area contributed by atoms with E-state index in [-0.39, 0.29) is 6.54 Å². The molecule has 1 amide bonds. The van der Waals surface area contributed by atoms with Gasteiger partial charge in [-0.25, -0.2) is 14.4 Å². The highest BCUT2D eigenvalue weighted by atomic mass is 35.5. The summed E-state index contributed by atoms with van der Waals surface area (Å²) in [5.41, 5.74) is 3.85. The Kier molecular flexibility index (Phi) is 5.99. The fraction of sp³-hybridized carbons (Fsp3) is 0.0400. The Morgan fingerprint density at radius 3 is 2.89 bits per heavy atom. The Labute approximate surface area is 204 Å². The number of halogens is 2. The number of rotatable bonds is 7. The van der Waals surface area contributed by atoms with Crippen molar-refractivity contribution in [2.45, 2.75) is 6.54 Å². The summed E-state index contributed by atoms with van der Waals surface area (Å²) in [6, 6.07) is 12.4. The van der Waals surface area contributed by atoms with Gasteiger partial charge in [-0.05, 0) is 24.3 Å². The van der Waals surface area contributed by atoms with Crippen LogP contribution in [0.3, 0.4) is 0 Å². The van der Waals surface area contributed by atoms with Crippen molar-refractivity contribution >= 4 is 45.7 Å². The topological polar surface area (TPSA) is 101 Å². The highest BCUT2D eigenvalue weighted by molar-refractivity contribution is 6.33. The third kappa shape index (κ3) is 4.75. The molecule has 0 aliphatic carbocycles. The lowest BCUT2D eigenvalue weighted by Crippen LogP contribution is -2.08. The largest absolute Gasteiger partial charge is 0.360 e. The molecule has 8 nitrogen and oxygen atoms in total. The van der Waals surface area contributed by atoms with Gasteiger partial charge in [0.15, 0.2) is 0 Å². The zero-order valence-electron chi connectivity index (χ0n) is 18.3. The predicted molar refractivity (Wildman–Crippen MR) is 134 cm³/mol. The first-order valence-electron chi connectivity index (χ1n) is 10.6. The van der Waals surface area contributed by atoms with E-state index in [4.69, 9.17) is 11.6 Å². The Balaban J connectivity index is 1.33. The van der Waals surface area contributed by atoms with E-state index in [0.717, 1.165) is 22.5 Å². The molecule has 0 spiro atoms. The zero-order chi connectivity index (χ0) is 24.4. The van der Waals surface area contributed by atoms with Gasteiger partial charge in [0.25, 0.3) is 0 Å². The Morgan fingerprint density at radius 2 is 2.06 bits per heavy atom. The van der Waals surface area contributed by atoms with Crippen LogP contribution in [0.4, 0.5) is 21.7 Å². The van der Waals surface area contributed by atoms with Gasteiger partial charge >= 0.3 is 0 Å². The molecule has 174 valence electrons. The van der Waals surface area contributed by atoms with E-state index in [9.17, 15) is 9.18 Å². The van der Waals surface area contributed by atoms with E-state index < -0.39 is 11.7 Å². The first kappa shape index (κ1) is 22.3. The van der Waals surface area contributed by atoms with Crippen LogP contribution in [0.25, 0.3) is 22.2 Å². The number of nitrogens with zero attached hydrogens (tertiary/aromatic N) is 4. The molecule has 0 fully saturated rings. The van der Waals surface area contributed by atoms with Gasteiger partial charge in [-0.15, -0.1) is 0 Å². The Bertz CT molecular complexity index is 1560. The SMILES string of the molecule is C=CC(=O)Nc1ccc(Cn2cc(Nc3ncc(Cl)c(-c4c[nH]c5ccccc45)n3)cn2)c(F)c1. The van der Waals surface area contributed by atoms with Crippen molar-refractivity contribution in [1.82, 2.24) is 24.7 Å². The number of carbonyl (C=O) groups excluding carboxylic acids is 1. The van der Waals surface area contributed by atoms with Gasteiger partial charge in [0.2, 0.25) is 11.9 Å². The molecule has 5 aromatic rings. The molecular weight excluding hydrogens is 469 g/mol. The number of aromatic amines is 1. The summed E-state index contributed by atoms with van der Waals surface area (Å²) in [7, 11) is 0. The lowest BCUT2D eigenvalue weighted by molar-refractivity contribution is -0.111. The molecule has 2 aromatic carbocycles. The minimum Gasteiger partial charge on any atom is -0.360 e. The third-order valence-electron chi connectivity index (χ3n) is 5.32. The molecule has 3 N–H and O–H groups in total. The number of carbonyl (C=O) groups is 1. The number of para-hydroxylation sites is 1. The number of aromatic nitrogens is 5. The van der Waals surface area contributed by atoms with Crippen LogP contribution in [-0.4, -0.2) is 30.6 Å². The van der Waals surface area contributed by atoms with Gasteiger partial charge in [-0.3, -0.25) is 9.48 Å². The zero-order valence-corrected chi connectivity index (χ0v) is 19.1. The van der Waals surface area contributed by atoms with Crippen molar-refractivity contribution in [3.63, 3.8) is 0 Å². The Morgan fingerprint density at radius 1 is 1.20 bits per heavy atom. The van der Waals surface area contributed by atoms with Crippen LogP contribution in [-0.2, 0) is 11.3 Å². The fourth-order valence-corrected chi connectivity index (χ4v) is 3.84. The van der Waals surface area contributed by atoms with Gasteiger partial charge in [0.05, 0.1) is 35.3 Å². The second-order valence-electron chi connectivity index (χ2n) is 7.69. The molecule has 35 heavy (non-hydrogen) atoms. The minimum absolute atomic E-state index is 0.200. The fourth-order valence-electron chi connectivity index (χ4n) is 3.65. The number of nitrogens with one attached hydrogen (secondary N) is 3. The van der Waals surface area contributed by atoms with E-state index in [1.165, 1.54) is 6.07 Å². The van der Waals surface area contributed by atoms with E-state index in [2.05, 4.69) is 37.3 Å². The molecule has 0 unspecified atom stereocenters. The first-order chi connectivity index (χ1) is 17.0. The average molecular weight is 488 g/mol. The number of anilines is 3. The number of fused-ring (bicyclic) bond motifs is 1.